The van der Waals surface area contributed by atoms with Crippen molar-refractivity contribution in [3.8, 4) is 11.4 Å². The van der Waals surface area contributed by atoms with Crippen LogP contribution in [0.15, 0.2) is 52.4 Å². The lowest BCUT2D eigenvalue weighted by Gasteiger charge is -2.17. The van der Waals surface area contributed by atoms with Crippen LogP contribution in [0, 0.1) is 6.92 Å². The van der Waals surface area contributed by atoms with Crippen molar-refractivity contribution in [2.45, 2.75) is 31.2 Å². The number of methoxy groups -OCH3 is 1. The van der Waals surface area contributed by atoms with E-state index in [0.29, 0.717) is 27.2 Å². The molecular weight excluding hydrogens is 320 g/mol. The molecule has 0 amide bonds. The largest absolute Gasteiger partial charge is 0.495 e. The van der Waals surface area contributed by atoms with Gasteiger partial charge in [0.2, 0.25) is 0 Å². The minimum absolute atomic E-state index is 0.0641. The average Bonchev–Trinajstić information content (AvgIpc) is 2.54. The molecule has 24 heavy (non-hydrogen) atoms. The third kappa shape index (κ3) is 2.91. The van der Waals surface area contributed by atoms with Crippen molar-refractivity contribution in [3.63, 3.8) is 0 Å². The number of hydrogen-bond acceptors (Lipinski definition) is 4. The molecule has 3 rings (SSSR count). The fourth-order valence-electron chi connectivity index (χ4n) is 2.69. The van der Waals surface area contributed by atoms with Crippen molar-refractivity contribution in [3.05, 3.63) is 58.4 Å². The molecule has 5 heteroatoms. The average molecular weight is 340 g/mol. The number of para-hydroxylation sites is 2. The van der Waals surface area contributed by atoms with E-state index >= 15 is 0 Å². The van der Waals surface area contributed by atoms with Gasteiger partial charge in [-0.1, -0.05) is 49.9 Å². The van der Waals surface area contributed by atoms with Crippen LogP contribution in [0.5, 0.6) is 5.75 Å². The van der Waals surface area contributed by atoms with Gasteiger partial charge in [-0.2, -0.15) is 0 Å². The number of aromatic nitrogens is 2. The molecule has 0 saturated carbocycles. The highest BCUT2D eigenvalue weighted by Crippen LogP contribution is 2.29. The maximum absolute atomic E-state index is 13.3. The highest BCUT2D eigenvalue weighted by Gasteiger charge is 2.18. The van der Waals surface area contributed by atoms with Crippen molar-refractivity contribution in [1.82, 2.24) is 9.55 Å². The summed E-state index contributed by atoms with van der Waals surface area (Å²) in [6.07, 6.45) is 0. The molecule has 0 aliphatic rings. The van der Waals surface area contributed by atoms with Crippen LogP contribution in [0.2, 0.25) is 0 Å². The Kier molecular flexibility index (Phi) is 4.62. The topological polar surface area (TPSA) is 44.1 Å². The van der Waals surface area contributed by atoms with Crippen LogP contribution >= 0.6 is 11.8 Å². The Morgan fingerprint density at radius 2 is 1.88 bits per heavy atom. The first-order valence-electron chi connectivity index (χ1n) is 7.85. The highest BCUT2D eigenvalue weighted by molar-refractivity contribution is 7.99. The first kappa shape index (κ1) is 16.6. The Balaban J connectivity index is 2.42. The summed E-state index contributed by atoms with van der Waals surface area (Å²) in [5.74, 6) is 0.653. The standard InChI is InChI=1S/C19H20N2O2S/c1-12(2)24-19-20-14-9-7-8-13(3)17(14)18(22)21(19)15-10-5-6-11-16(15)23-4/h5-12H,1-4H3. The van der Waals surface area contributed by atoms with Gasteiger partial charge in [0.05, 0.1) is 23.7 Å². The number of aryl methyl sites for hydroxylation is 1. The van der Waals surface area contributed by atoms with Gasteiger partial charge in [-0.05, 0) is 30.7 Å². The van der Waals surface area contributed by atoms with Gasteiger partial charge in [0.25, 0.3) is 5.56 Å². The van der Waals surface area contributed by atoms with Gasteiger partial charge in [0, 0.05) is 5.25 Å². The molecule has 0 bridgehead atoms. The Morgan fingerprint density at radius 3 is 2.58 bits per heavy atom. The van der Waals surface area contributed by atoms with Crippen LogP contribution in [0.1, 0.15) is 19.4 Å². The number of thioether (sulfide) groups is 1. The van der Waals surface area contributed by atoms with Gasteiger partial charge >= 0.3 is 0 Å². The fourth-order valence-corrected chi connectivity index (χ4v) is 3.55. The molecule has 0 unspecified atom stereocenters. The van der Waals surface area contributed by atoms with Crippen LogP contribution < -0.4 is 10.3 Å². The number of nitrogens with zero attached hydrogens (tertiary/aromatic N) is 2. The Hall–Kier alpha value is -2.27. The normalized spacial score (nSPS) is 11.2. The molecule has 2 aromatic carbocycles. The molecule has 0 spiro atoms. The maximum atomic E-state index is 13.3. The van der Waals surface area contributed by atoms with Crippen LogP contribution in [-0.4, -0.2) is 21.9 Å². The summed E-state index contributed by atoms with van der Waals surface area (Å²) in [4.78, 5) is 18.0. The Bertz CT molecular complexity index is 948. The SMILES string of the molecule is COc1ccccc1-n1c(SC(C)C)nc2cccc(C)c2c1=O. The molecule has 0 fully saturated rings. The van der Waals surface area contributed by atoms with E-state index in [-0.39, 0.29) is 5.56 Å². The molecule has 0 N–H and O–H groups in total. The lowest BCUT2D eigenvalue weighted by atomic mass is 10.1. The predicted molar refractivity (Wildman–Crippen MR) is 99.6 cm³/mol. The van der Waals surface area contributed by atoms with Gasteiger partial charge < -0.3 is 4.74 Å². The van der Waals surface area contributed by atoms with Crippen molar-refractivity contribution >= 4 is 22.7 Å². The summed E-state index contributed by atoms with van der Waals surface area (Å²) in [6, 6.07) is 13.3. The molecule has 0 aliphatic heterocycles. The lowest BCUT2D eigenvalue weighted by molar-refractivity contribution is 0.411. The second kappa shape index (κ2) is 6.69. The fraction of sp³-hybridized carbons (Fsp3) is 0.263. The smallest absolute Gasteiger partial charge is 0.267 e. The van der Waals surface area contributed by atoms with Crippen LogP contribution in [0.3, 0.4) is 0 Å². The van der Waals surface area contributed by atoms with Gasteiger partial charge in [-0.25, -0.2) is 4.98 Å². The van der Waals surface area contributed by atoms with Crippen molar-refractivity contribution in [2.24, 2.45) is 0 Å². The van der Waals surface area contributed by atoms with Crippen molar-refractivity contribution < 1.29 is 4.74 Å². The first-order valence-corrected chi connectivity index (χ1v) is 8.73. The van der Waals surface area contributed by atoms with Crippen molar-refractivity contribution in [1.29, 1.82) is 0 Å². The lowest BCUT2D eigenvalue weighted by Crippen LogP contribution is -2.23. The minimum atomic E-state index is -0.0641. The van der Waals surface area contributed by atoms with E-state index in [2.05, 4.69) is 13.8 Å². The van der Waals surface area contributed by atoms with E-state index in [1.54, 1.807) is 23.4 Å². The van der Waals surface area contributed by atoms with E-state index < -0.39 is 0 Å². The summed E-state index contributed by atoms with van der Waals surface area (Å²) >= 11 is 1.57. The number of fused-ring (bicyclic) bond motifs is 1. The Labute approximate surface area is 145 Å². The summed E-state index contributed by atoms with van der Waals surface area (Å²) in [5, 5.41) is 1.63. The van der Waals surface area contributed by atoms with Gasteiger partial charge in [0.15, 0.2) is 5.16 Å². The molecule has 1 aromatic heterocycles. The van der Waals surface area contributed by atoms with E-state index in [1.165, 1.54) is 0 Å². The zero-order valence-electron chi connectivity index (χ0n) is 14.2. The minimum Gasteiger partial charge on any atom is -0.495 e. The van der Waals surface area contributed by atoms with E-state index in [1.807, 2.05) is 49.4 Å². The molecule has 1 heterocycles. The van der Waals surface area contributed by atoms with Crippen LogP contribution in [0.4, 0.5) is 0 Å². The third-order valence-electron chi connectivity index (χ3n) is 3.74. The zero-order chi connectivity index (χ0) is 17.3. The summed E-state index contributed by atoms with van der Waals surface area (Å²) in [6.45, 7) is 6.11. The van der Waals surface area contributed by atoms with E-state index in [4.69, 9.17) is 9.72 Å². The molecule has 0 saturated heterocycles. The summed E-state index contributed by atoms with van der Waals surface area (Å²) in [7, 11) is 1.61. The van der Waals surface area contributed by atoms with Crippen molar-refractivity contribution in [2.75, 3.05) is 7.11 Å². The Morgan fingerprint density at radius 1 is 1.12 bits per heavy atom. The molecule has 0 radical (unpaired) electrons. The predicted octanol–water partition coefficient (Wildman–Crippen LogP) is 4.20. The number of hydrogen-bond donors (Lipinski definition) is 0. The quantitative estimate of drug-likeness (QED) is 0.527. The van der Waals surface area contributed by atoms with Gasteiger partial charge in [-0.15, -0.1) is 0 Å². The third-order valence-corrected chi connectivity index (χ3v) is 4.70. The van der Waals surface area contributed by atoms with Gasteiger partial charge in [-0.3, -0.25) is 9.36 Å². The number of benzene rings is 2. The molecule has 4 nitrogen and oxygen atoms in total. The highest BCUT2D eigenvalue weighted by atomic mass is 32.2. The second-order valence-electron chi connectivity index (χ2n) is 5.84. The molecule has 3 aromatic rings. The van der Waals surface area contributed by atoms with Crippen LogP contribution in [-0.2, 0) is 0 Å². The number of rotatable bonds is 4. The second-order valence-corrected chi connectivity index (χ2v) is 7.39. The monoisotopic (exact) mass is 340 g/mol. The molecular formula is C19H20N2O2S. The molecule has 0 aliphatic carbocycles. The van der Waals surface area contributed by atoms with Gasteiger partial charge in [0.1, 0.15) is 5.75 Å². The van der Waals surface area contributed by atoms with Crippen LogP contribution in [0.25, 0.3) is 16.6 Å². The number of ether oxygens (including phenoxy) is 1. The first-order chi connectivity index (χ1) is 11.5. The maximum Gasteiger partial charge on any atom is 0.267 e. The zero-order valence-corrected chi connectivity index (χ0v) is 15.1. The summed E-state index contributed by atoms with van der Waals surface area (Å²) in [5.41, 5.74) is 2.31. The molecule has 124 valence electrons. The van der Waals surface area contributed by atoms with E-state index in [0.717, 1.165) is 11.1 Å². The summed E-state index contributed by atoms with van der Waals surface area (Å²) < 4.78 is 7.13. The molecule has 0 atom stereocenters. The van der Waals surface area contributed by atoms with E-state index in [9.17, 15) is 4.79 Å².